The molecule has 0 radical (unpaired) electrons. The molecule has 1 atom stereocenters. The van der Waals surface area contributed by atoms with E-state index >= 15 is 0 Å². The summed E-state index contributed by atoms with van der Waals surface area (Å²) in [6.45, 7) is 4.72. The summed E-state index contributed by atoms with van der Waals surface area (Å²) >= 11 is 1.47. The number of hydrogen-bond acceptors (Lipinski definition) is 4. The molecule has 0 saturated carbocycles. The van der Waals surface area contributed by atoms with E-state index in [1.807, 2.05) is 45.3 Å². The predicted octanol–water partition coefficient (Wildman–Crippen LogP) is 4.04. The first kappa shape index (κ1) is 24.0. The number of benzene rings is 2. The van der Waals surface area contributed by atoms with Crippen LogP contribution in [0.5, 0.6) is 0 Å². The summed E-state index contributed by atoms with van der Waals surface area (Å²) in [4.78, 5) is 26.3. The standard InChI is InChI=1S/C24H33N3O2S/c1-5-19-8-10-20(11-9-19)22(27(3)4)16-25-23(28)14-15-30-17-24(29)26-21-12-6-18(2)7-13-21/h6-13,22H,5,14-17H2,1-4H3,(H,25,28)(H,26,29)/t22-/m0/s1. The van der Waals surface area contributed by atoms with Gasteiger partial charge < -0.3 is 15.5 Å². The van der Waals surface area contributed by atoms with Crippen LogP contribution in [0.25, 0.3) is 0 Å². The Kier molecular flexibility index (Phi) is 9.91. The molecule has 0 spiro atoms. The topological polar surface area (TPSA) is 61.4 Å². The van der Waals surface area contributed by atoms with E-state index in [-0.39, 0.29) is 17.9 Å². The first-order valence-corrected chi connectivity index (χ1v) is 11.5. The minimum atomic E-state index is -0.0486. The molecule has 0 aliphatic carbocycles. The third kappa shape index (κ3) is 8.20. The molecule has 0 aromatic heterocycles. The second-order valence-corrected chi connectivity index (χ2v) is 8.70. The summed E-state index contributed by atoms with van der Waals surface area (Å²) < 4.78 is 0. The van der Waals surface area contributed by atoms with Crippen LogP contribution in [0.2, 0.25) is 0 Å². The van der Waals surface area contributed by atoms with Gasteiger partial charge in [-0.15, -0.1) is 0 Å². The van der Waals surface area contributed by atoms with Gasteiger partial charge in [-0.1, -0.05) is 48.9 Å². The van der Waals surface area contributed by atoms with Gasteiger partial charge in [-0.2, -0.15) is 11.8 Å². The first-order chi connectivity index (χ1) is 14.4. The van der Waals surface area contributed by atoms with Gasteiger partial charge in [0, 0.05) is 24.4 Å². The molecular formula is C24H33N3O2S. The summed E-state index contributed by atoms with van der Waals surface area (Å²) in [5.41, 5.74) is 4.46. The van der Waals surface area contributed by atoms with Crippen LogP contribution in [-0.2, 0) is 16.0 Å². The van der Waals surface area contributed by atoms with E-state index in [1.165, 1.54) is 22.9 Å². The Morgan fingerprint density at radius 3 is 2.27 bits per heavy atom. The Morgan fingerprint density at radius 1 is 1.00 bits per heavy atom. The van der Waals surface area contributed by atoms with Crippen LogP contribution in [0.1, 0.15) is 36.1 Å². The number of carbonyl (C=O) groups is 2. The van der Waals surface area contributed by atoms with Gasteiger partial charge in [-0.25, -0.2) is 0 Å². The van der Waals surface area contributed by atoms with Gasteiger partial charge in [0.1, 0.15) is 0 Å². The van der Waals surface area contributed by atoms with Gasteiger partial charge in [0.25, 0.3) is 0 Å². The fourth-order valence-corrected chi connectivity index (χ4v) is 3.77. The van der Waals surface area contributed by atoms with Crippen molar-refractivity contribution in [1.82, 2.24) is 10.2 Å². The van der Waals surface area contributed by atoms with E-state index in [0.717, 1.165) is 17.7 Å². The summed E-state index contributed by atoms with van der Waals surface area (Å²) in [5, 5.41) is 5.90. The molecule has 2 aromatic rings. The highest BCUT2D eigenvalue weighted by Crippen LogP contribution is 2.18. The van der Waals surface area contributed by atoms with Crippen LogP contribution in [0.15, 0.2) is 48.5 Å². The normalized spacial score (nSPS) is 11.9. The van der Waals surface area contributed by atoms with Crippen LogP contribution in [-0.4, -0.2) is 48.9 Å². The molecule has 0 saturated heterocycles. The molecule has 0 bridgehead atoms. The molecule has 2 N–H and O–H groups in total. The second kappa shape index (κ2) is 12.4. The monoisotopic (exact) mass is 427 g/mol. The zero-order chi connectivity index (χ0) is 21.9. The van der Waals surface area contributed by atoms with Crippen molar-refractivity contribution in [1.29, 1.82) is 0 Å². The Morgan fingerprint density at radius 2 is 1.67 bits per heavy atom. The third-order valence-corrected chi connectivity index (χ3v) is 5.89. The van der Waals surface area contributed by atoms with Crippen LogP contribution in [0.3, 0.4) is 0 Å². The SMILES string of the molecule is CCc1ccc([C@H](CNC(=O)CCSCC(=O)Nc2ccc(C)cc2)N(C)C)cc1. The molecule has 2 rings (SSSR count). The van der Waals surface area contributed by atoms with E-state index in [2.05, 4.69) is 46.7 Å². The summed E-state index contributed by atoms with van der Waals surface area (Å²) in [5.74, 6) is 0.918. The van der Waals surface area contributed by atoms with Crippen molar-refractivity contribution in [3.8, 4) is 0 Å². The average molecular weight is 428 g/mol. The van der Waals surface area contributed by atoms with E-state index in [1.54, 1.807) is 0 Å². The van der Waals surface area contributed by atoms with Crippen molar-refractivity contribution in [3.63, 3.8) is 0 Å². The van der Waals surface area contributed by atoms with E-state index in [9.17, 15) is 9.59 Å². The lowest BCUT2D eigenvalue weighted by atomic mass is 10.0. The second-order valence-electron chi connectivity index (χ2n) is 7.60. The summed E-state index contributed by atoms with van der Waals surface area (Å²) in [6, 6.07) is 16.4. The molecular weight excluding hydrogens is 394 g/mol. The Bertz CT molecular complexity index is 804. The summed E-state index contributed by atoms with van der Waals surface area (Å²) in [6.07, 6.45) is 1.42. The number of amides is 2. The molecule has 2 aromatic carbocycles. The number of likely N-dealkylation sites (N-methyl/N-ethyl adjacent to an activating group) is 1. The van der Waals surface area contributed by atoms with Crippen molar-refractivity contribution >= 4 is 29.3 Å². The molecule has 2 amide bonds. The fourth-order valence-electron chi connectivity index (χ4n) is 3.04. The van der Waals surface area contributed by atoms with E-state index in [0.29, 0.717) is 24.5 Å². The molecule has 162 valence electrons. The van der Waals surface area contributed by atoms with Crippen molar-refractivity contribution in [2.75, 3.05) is 37.5 Å². The maximum Gasteiger partial charge on any atom is 0.234 e. The highest BCUT2D eigenvalue weighted by Gasteiger charge is 2.15. The number of aryl methyl sites for hydroxylation is 2. The lowest BCUT2D eigenvalue weighted by Crippen LogP contribution is -2.34. The predicted molar refractivity (Wildman–Crippen MR) is 127 cm³/mol. The molecule has 30 heavy (non-hydrogen) atoms. The lowest BCUT2D eigenvalue weighted by Gasteiger charge is -2.25. The number of thioether (sulfide) groups is 1. The molecule has 6 heteroatoms. The number of hydrogen-bond donors (Lipinski definition) is 2. The van der Waals surface area contributed by atoms with Crippen molar-refractivity contribution in [2.24, 2.45) is 0 Å². The van der Waals surface area contributed by atoms with Gasteiger partial charge in [0.15, 0.2) is 0 Å². The Hall–Kier alpha value is -2.31. The lowest BCUT2D eigenvalue weighted by molar-refractivity contribution is -0.121. The third-order valence-electron chi connectivity index (χ3n) is 4.93. The molecule has 0 heterocycles. The minimum Gasteiger partial charge on any atom is -0.354 e. The quantitative estimate of drug-likeness (QED) is 0.532. The molecule has 0 fully saturated rings. The van der Waals surface area contributed by atoms with Crippen molar-refractivity contribution < 1.29 is 9.59 Å². The smallest absolute Gasteiger partial charge is 0.234 e. The number of nitrogens with zero attached hydrogens (tertiary/aromatic N) is 1. The molecule has 0 aliphatic rings. The molecule has 0 unspecified atom stereocenters. The highest BCUT2D eigenvalue weighted by atomic mass is 32.2. The average Bonchev–Trinajstić information content (AvgIpc) is 2.73. The minimum absolute atomic E-state index is 0.0125. The number of nitrogens with one attached hydrogen (secondary N) is 2. The maximum absolute atomic E-state index is 12.2. The van der Waals surface area contributed by atoms with Gasteiger partial charge in [-0.05, 0) is 50.7 Å². The van der Waals surface area contributed by atoms with E-state index < -0.39 is 0 Å². The first-order valence-electron chi connectivity index (χ1n) is 10.3. The highest BCUT2D eigenvalue weighted by molar-refractivity contribution is 7.99. The Labute approximate surface area is 184 Å². The van der Waals surface area contributed by atoms with Gasteiger partial charge in [0.2, 0.25) is 11.8 Å². The van der Waals surface area contributed by atoms with Crippen LogP contribution in [0.4, 0.5) is 5.69 Å². The van der Waals surface area contributed by atoms with Crippen LogP contribution in [0, 0.1) is 6.92 Å². The zero-order valence-corrected chi connectivity index (χ0v) is 19.2. The van der Waals surface area contributed by atoms with Gasteiger partial charge in [0.05, 0.1) is 11.8 Å². The van der Waals surface area contributed by atoms with Gasteiger partial charge in [-0.3, -0.25) is 9.59 Å². The van der Waals surface area contributed by atoms with E-state index in [4.69, 9.17) is 0 Å². The maximum atomic E-state index is 12.2. The largest absolute Gasteiger partial charge is 0.354 e. The fraction of sp³-hybridized carbons (Fsp3) is 0.417. The number of anilines is 1. The van der Waals surface area contributed by atoms with Crippen molar-refractivity contribution in [2.45, 2.75) is 32.7 Å². The van der Waals surface area contributed by atoms with Crippen LogP contribution >= 0.6 is 11.8 Å². The number of rotatable bonds is 11. The van der Waals surface area contributed by atoms with Crippen LogP contribution < -0.4 is 10.6 Å². The molecule has 5 nitrogen and oxygen atoms in total. The molecule has 0 aliphatic heterocycles. The Balaban J connectivity index is 1.68. The zero-order valence-electron chi connectivity index (χ0n) is 18.4. The summed E-state index contributed by atoms with van der Waals surface area (Å²) in [7, 11) is 4.04. The van der Waals surface area contributed by atoms with Gasteiger partial charge >= 0.3 is 0 Å². The van der Waals surface area contributed by atoms with Crippen molar-refractivity contribution in [3.05, 3.63) is 65.2 Å². The number of carbonyl (C=O) groups excluding carboxylic acids is 2.